The van der Waals surface area contributed by atoms with Crippen LogP contribution in [0.2, 0.25) is 0 Å². The molecule has 116 valence electrons. The standard InChI is InChI=1S/C17H19NO4/c1-10(2)14(13-9-21-17(3,4)22-13)18-15(19)11-7-5-6-8-12(11)16(18)20/h5-8,13-14H,1,9H2,2-4H3/t13-,14-/m1/s1. The van der Waals surface area contributed by atoms with Gasteiger partial charge in [-0.15, -0.1) is 0 Å². The highest BCUT2D eigenvalue weighted by Gasteiger charge is 2.47. The number of benzene rings is 1. The molecule has 0 spiro atoms. The van der Waals surface area contributed by atoms with E-state index < -0.39 is 17.9 Å². The van der Waals surface area contributed by atoms with E-state index >= 15 is 0 Å². The first-order chi connectivity index (χ1) is 10.3. The second-order valence-corrected chi connectivity index (χ2v) is 6.18. The molecule has 0 bridgehead atoms. The molecule has 1 aromatic rings. The van der Waals surface area contributed by atoms with Crippen LogP contribution in [0.25, 0.3) is 0 Å². The van der Waals surface area contributed by atoms with Crippen molar-refractivity contribution in [3.8, 4) is 0 Å². The summed E-state index contributed by atoms with van der Waals surface area (Å²) < 4.78 is 11.4. The first-order valence-corrected chi connectivity index (χ1v) is 7.26. The van der Waals surface area contributed by atoms with E-state index in [1.165, 1.54) is 4.90 Å². The fraction of sp³-hybridized carbons (Fsp3) is 0.412. The van der Waals surface area contributed by atoms with Gasteiger partial charge in [-0.3, -0.25) is 14.5 Å². The molecule has 3 rings (SSSR count). The van der Waals surface area contributed by atoms with E-state index in [9.17, 15) is 9.59 Å². The number of hydrogen-bond donors (Lipinski definition) is 0. The van der Waals surface area contributed by atoms with Crippen molar-refractivity contribution in [3.05, 3.63) is 47.5 Å². The van der Waals surface area contributed by atoms with Crippen molar-refractivity contribution in [2.24, 2.45) is 0 Å². The highest BCUT2D eigenvalue weighted by atomic mass is 16.7. The number of carbonyl (C=O) groups excluding carboxylic acids is 2. The number of hydrogen-bond acceptors (Lipinski definition) is 4. The zero-order valence-electron chi connectivity index (χ0n) is 13.0. The average molecular weight is 301 g/mol. The third kappa shape index (κ3) is 2.26. The fourth-order valence-electron chi connectivity index (χ4n) is 3.04. The van der Waals surface area contributed by atoms with E-state index in [0.717, 1.165) is 0 Å². The van der Waals surface area contributed by atoms with Crippen LogP contribution in [0.1, 0.15) is 41.5 Å². The van der Waals surface area contributed by atoms with Crippen LogP contribution >= 0.6 is 0 Å². The van der Waals surface area contributed by atoms with E-state index in [-0.39, 0.29) is 11.8 Å². The number of fused-ring (bicyclic) bond motifs is 1. The van der Waals surface area contributed by atoms with Gasteiger partial charge in [0.1, 0.15) is 6.10 Å². The minimum Gasteiger partial charge on any atom is -0.348 e. The number of nitrogens with zero attached hydrogens (tertiary/aromatic N) is 1. The number of carbonyl (C=O) groups is 2. The lowest BCUT2D eigenvalue weighted by Gasteiger charge is -2.31. The van der Waals surface area contributed by atoms with Gasteiger partial charge in [-0.25, -0.2) is 0 Å². The Kier molecular flexibility index (Phi) is 3.42. The van der Waals surface area contributed by atoms with Crippen LogP contribution in [-0.4, -0.2) is 41.3 Å². The van der Waals surface area contributed by atoms with Crippen LogP contribution < -0.4 is 0 Å². The first kappa shape index (κ1) is 14.9. The zero-order valence-corrected chi connectivity index (χ0v) is 13.0. The van der Waals surface area contributed by atoms with Gasteiger partial charge in [0.05, 0.1) is 23.8 Å². The van der Waals surface area contributed by atoms with Crippen molar-refractivity contribution < 1.29 is 19.1 Å². The van der Waals surface area contributed by atoms with Crippen LogP contribution in [0, 0.1) is 0 Å². The normalized spacial score (nSPS) is 24.5. The number of ether oxygens (including phenoxy) is 2. The van der Waals surface area contributed by atoms with Crippen molar-refractivity contribution in [3.63, 3.8) is 0 Å². The van der Waals surface area contributed by atoms with Crippen LogP contribution in [-0.2, 0) is 9.47 Å². The SMILES string of the molecule is C=C(C)[C@H]([C@H]1COC(C)(C)O1)N1C(=O)c2ccccc2C1=O. The lowest BCUT2D eigenvalue weighted by Crippen LogP contribution is -2.48. The molecule has 0 N–H and O–H groups in total. The summed E-state index contributed by atoms with van der Waals surface area (Å²) in [6.07, 6.45) is -0.408. The number of rotatable bonds is 3. The summed E-state index contributed by atoms with van der Waals surface area (Å²) in [6.45, 7) is 9.68. The van der Waals surface area contributed by atoms with Crippen LogP contribution in [0.15, 0.2) is 36.4 Å². The van der Waals surface area contributed by atoms with Gasteiger partial charge in [0, 0.05) is 0 Å². The van der Waals surface area contributed by atoms with Gasteiger partial charge in [0.25, 0.3) is 11.8 Å². The molecule has 0 radical (unpaired) electrons. The summed E-state index contributed by atoms with van der Waals surface area (Å²) in [5, 5.41) is 0. The molecule has 5 nitrogen and oxygen atoms in total. The maximum absolute atomic E-state index is 12.6. The van der Waals surface area contributed by atoms with Crippen molar-refractivity contribution in [2.75, 3.05) is 6.61 Å². The Bertz CT molecular complexity index is 629. The third-order valence-corrected chi connectivity index (χ3v) is 3.99. The van der Waals surface area contributed by atoms with E-state index in [2.05, 4.69) is 6.58 Å². The zero-order chi connectivity index (χ0) is 16.1. The molecule has 1 fully saturated rings. The lowest BCUT2D eigenvalue weighted by molar-refractivity contribution is -0.142. The summed E-state index contributed by atoms with van der Waals surface area (Å²) in [5.41, 5.74) is 1.55. The van der Waals surface area contributed by atoms with Gasteiger partial charge < -0.3 is 9.47 Å². The molecule has 2 heterocycles. The molecule has 0 saturated carbocycles. The van der Waals surface area contributed by atoms with E-state index in [1.807, 2.05) is 13.8 Å². The minimum atomic E-state index is -0.725. The van der Waals surface area contributed by atoms with E-state index in [1.54, 1.807) is 31.2 Å². The Morgan fingerprint density at radius 3 is 2.23 bits per heavy atom. The predicted molar refractivity (Wildman–Crippen MR) is 80.4 cm³/mol. The number of amides is 2. The van der Waals surface area contributed by atoms with Crippen molar-refractivity contribution in [2.45, 2.75) is 38.7 Å². The predicted octanol–water partition coefficient (Wildman–Crippen LogP) is 2.38. The Labute approximate surface area is 129 Å². The van der Waals surface area contributed by atoms with Gasteiger partial charge >= 0.3 is 0 Å². The Morgan fingerprint density at radius 1 is 1.27 bits per heavy atom. The molecule has 2 aliphatic heterocycles. The minimum absolute atomic E-state index is 0.304. The summed E-state index contributed by atoms with van der Waals surface area (Å²) in [6, 6.07) is 6.31. The summed E-state index contributed by atoms with van der Waals surface area (Å²) in [7, 11) is 0. The summed E-state index contributed by atoms with van der Waals surface area (Å²) in [5.74, 6) is -1.33. The molecule has 0 unspecified atom stereocenters. The molecular formula is C17H19NO4. The van der Waals surface area contributed by atoms with Crippen LogP contribution in [0.4, 0.5) is 0 Å². The van der Waals surface area contributed by atoms with Gasteiger partial charge in [-0.1, -0.05) is 24.3 Å². The van der Waals surface area contributed by atoms with E-state index in [4.69, 9.17) is 9.47 Å². The smallest absolute Gasteiger partial charge is 0.262 e. The molecule has 5 heteroatoms. The molecular weight excluding hydrogens is 282 g/mol. The molecule has 22 heavy (non-hydrogen) atoms. The van der Waals surface area contributed by atoms with Crippen molar-refractivity contribution in [1.82, 2.24) is 4.90 Å². The lowest BCUT2D eigenvalue weighted by atomic mass is 10.0. The van der Waals surface area contributed by atoms with Crippen molar-refractivity contribution in [1.29, 1.82) is 0 Å². The van der Waals surface area contributed by atoms with Crippen LogP contribution in [0.3, 0.4) is 0 Å². The Morgan fingerprint density at radius 2 is 1.82 bits per heavy atom. The maximum Gasteiger partial charge on any atom is 0.262 e. The third-order valence-electron chi connectivity index (χ3n) is 3.99. The molecule has 2 amide bonds. The maximum atomic E-state index is 12.6. The molecule has 1 saturated heterocycles. The first-order valence-electron chi connectivity index (χ1n) is 7.26. The Balaban J connectivity index is 1.96. The number of imide groups is 1. The molecule has 2 aliphatic rings. The van der Waals surface area contributed by atoms with Gasteiger partial charge in [0.2, 0.25) is 0 Å². The molecule has 0 aromatic heterocycles. The highest BCUT2D eigenvalue weighted by Crippen LogP contribution is 2.33. The summed E-state index contributed by atoms with van der Waals surface area (Å²) >= 11 is 0. The molecule has 1 aromatic carbocycles. The second kappa shape index (κ2) is 5.04. The highest BCUT2D eigenvalue weighted by molar-refractivity contribution is 6.21. The average Bonchev–Trinajstić information content (AvgIpc) is 2.92. The van der Waals surface area contributed by atoms with E-state index in [0.29, 0.717) is 23.3 Å². The second-order valence-electron chi connectivity index (χ2n) is 6.18. The molecule has 0 aliphatic carbocycles. The van der Waals surface area contributed by atoms with Gasteiger partial charge in [-0.05, 0) is 32.9 Å². The largest absolute Gasteiger partial charge is 0.348 e. The van der Waals surface area contributed by atoms with Crippen LogP contribution in [0.5, 0.6) is 0 Å². The topological polar surface area (TPSA) is 55.8 Å². The van der Waals surface area contributed by atoms with Gasteiger partial charge in [0.15, 0.2) is 5.79 Å². The van der Waals surface area contributed by atoms with Gasteiger partial charge in [-0.2, -0.15) is 0 Å². The molecule has 2 atom stereocenters. The van der Waals surface area contributed by atoms with Crippen molar-refractivity contribution >= 4 is 11.8 Å². The monoisotopic (exact) mass is 301 g/mol. The Hall–Kier alpha value is -1.98. The quantitative estimate of drug-likeness (QED) is 0.635. The fourth-order valence-corrected chi connectivity index (χ4v) is 3.04. The summed E-state index contributed by atoms with van der Waals surface area (Å²) in [4.78, 5) is 26.5.